The number of hydrogen-bond acceptors (Lipinski definition) is 4. The van der Waals surface area contributed by atoms with Gasteiger partial charge in [0, 0.05) is 23.2 Å². The number of carbonyl (C=O) groups excluding carboxylic acids is 1. The Kier molecular flexibility index (Phi) is 4.67. The molecule has 0 atom stereocenters. The Bertz CT molecular complexity index is 876. The molecule has 0 unspecified atom stereocenters. The quantitative estimate of drug-likeness (QED) is 0.737. The molecule has 0 radical (unpaired) electrons. The summed E-state index contributed by atoms with van der Waals surface area (Å²) in [7, 11) is 1.93. The molecule has 5 nitrogen and oxygen atoms in total. The van der Waals surface area contributed by atoms with Crippen molar-refractivity contribution in [2.45, 2.75) is 49.2 Å². The van der Waals surface area contributed by atoms with E-state index < -0.39 is 0 Å². The van der Waals surface area contributed by atoms with Crippen LogP contribution in [0.3, 0.4) is 0 Å². The topological polar surface area (TPSA) is 59.8 Å². The van der Waals surface area contributed by atoms with Gasteiger partial charge in [-0.25, -0.2) is 0 Å². The molecule has 1 heterocycles. The molecule has 7 heteroatoms. The van der Waals surface area contributed by atoms with Crippen LogP contribution in [-0.4, -0.2) is 32.0 Å². The third-order valence-electron chi connectivity index (χ3n) is 6.69. The molecular formula is C21H25ClN4OS. The van der Waals surface area contributed by atoms with Crippen LogP contribution in [0.15, 0.2) is 29.4 Å². The normalized spacial score (nSPS) is 30.6. The summed E-state index contributed by atoms with van der Waals surface area (Å²) in [5.41, 5.74) is 0.991. The lowest BCUT2D eigenvalue weighted by Crippen LogP contribution is -2.60. The Balaban J connectivity index is 1.23. The molecule has 4 aliphatic rings. The molecule has 1 amide bonds. The van der Waals surface area contributed by atoms with Crippen LogP contribution in [0.2, 0.25) is 5.02 Å². The van der Waals surface area contributed by atoms with Gasteiger partial charge in [-0.2, -0.15) is 0 Å². The van der Waals surface area contributed by atoms with Crippen molar-refractivity contribution in [1.82, 2.24) is 20.1 Å². The van der Waals surface area contributed by atoms with E-state index in [0.717, 1.165) is 34.3 Å². The van der Waals surface area contributed by atoms with Crippen LogP contribution in [0.25, 0.3) is 11.4 Å². The molecule has 148 valence electrons. The number of halogens is 1. The van der Waals surface area contributed by atoms with Gasteiger partial charge in [0.25, 0.3) is 0 Å². The lowest BCUT2D eigenvalue weighted by atomic mass is 9.53. The molecule has 4 fully saturated rings. The van der Waals surface area contributed by atoms with Crippen LogP contribution in [-0.2, 0) is 11.8 Å². The predicted octanol–water partition coefficient (Wildman–Crippen LogP) is 4.31. The predicted molar refractivity (Wildman–Crippen MR) is 111 cm³/mol. The molecule has 2 aromatic rings. The monoisotopic (exact) mass is 416 g/mol. The number of nitrogens with zero attached hydrogens (tertiary/aromatic N) is 3. The van der Waals surface area contributed by atoms with Crippen LogP contribution in [0.5, 0.6) is 0 Å². The zero-order chi connectivity index (χ0) is 19.3. The minimum absolute atomic E-state index is 0.0677. The average Bonchev–Trinajstić information content (AvgIpc) is 2.99. The Labute approximate surface area is 174 Å². The summed E-state index contributed by atoms with van der Waals surface area (Å²) >= 11 is 7.54. The largest absolute Gasteiger partial charge is 0.350 e. The maximum absolute atomic E-state index is 12.7. The van der Waals surface area contributed by atoms with Gasteiger partial charge in [0.15, 0.2) is 11.0 Å². The first-order chi connectivity index (χ1) is 13.5. The molecule has 4 aliphatic carbocycles. The lowest BCUT2D eigenvalue weighted by molar-refractivity contribution is -0.124. The molecule has 6 rings (SSSR count). The summed E-state index contributed by atoms with van der Waals surface area (Å²) in [5, 5.41) is 13.4. The Morgan fingerprint density at radius 2 is 1.89 bits per heavy atom. The fourth-order valence-corrected chi connectivity index (χ4v) is 6.95. The summed E-state index contributed by atoms with van der Waals surface area (Å²) in [4.78, 5) is 12.7. The van der Waals surface area contributed by atoms with Gasteiger partial charge in [-0.05, 0) is 68.4 Å². The van der Waals surface area contributed by atoms with E-state index in [1.165, 1.54) is 50.3 Å². The van der Waals surface area contributed by atoms with E-state index in [2.05, 4.69) is 15.5 Å². The fraction of sp³-hybridized carbons (Fsp3) is 0.571. The van der Waals surface area contributed by atoms with Gasteiger partial charge in [0.05, 0.1) is 5.75 Å². The summed E-state index contributed by atoms with van der Waals surface area (Å²) < 4.78 is 1.92. The standard InChI is InChI=1S/C21H25ClN4OS/c1-26-19(16-3-2-4-17(22)8-16)24-25-20(26)28-12-18(27)23-21-9-13-5-14(10-21)7-15(6-13)11-21/h2-4,8,13-15H,5-7,9-12H2,1H3,(H,23,27). The first-order valence-electron chi connectivity index (χ1n) is 10.1. The van der Waals surface area contributed by atoms with Crippen molar-refractivity contribution < 1.29 is 4.79 Å². The third-order valence-corrected chi connectivity index (χ3v) is 7.95. The van der Waals surface area contributed by atoms with Crippen LogP contribution >= 0.6 is 23.4 Å². The highest BCUT2D eigenvalue weighted by atomic mass is 35.5. The number of thioether (sulfide) groups is 1. The van der Waals surface area contributed by atoms with E-state index in [1.807, 2.05) is 35.9 Å². The highest BCUT2D eigenvalue weighted by Gasteiger charge is 2.51. The highest BCUT2D eigenvalue weighted by molar-refractivity contribution is 7.99. The first-order valence-corrected chi connectivity index (χ1v) is 11.5. The minimum atomic E-state index is 0.0677. The Morgan fingerprint density at radius 3 is 2.54 bits per heavy atom. The molecular weight excluding hydrogens is 392 g/mol. The van der Waals surface area contributed by atoms with E-state index in [4.69, 9.17) is 11.6 Å². The van der Waals surface area contributed by atoms with Crippen molar-refractivity contribution in [3.63, 3.8) is 0 Å². The maximum atomic E-state index is 12.7. The van der Waals surface area contributed by atoms with Crippen molar-refractivity contribution in [3.8, 4) is 11.4 Å². The number of hydrogen-bond donors (Lipinski definition) is 1. The van der Waals surface area contributed by atoms with Gasteiger partial charge in [0.1, 0.15) is 0 Å². The molecule has 1 N–H and O–H groups in total. The van der Waals surface area contributed by atoms with E-state index in [1.54, 1.807) is 0 Å². The van der Waals surface area contributed by atoms with Crippen molar-refractivity contribution in [2.24, 2.45) is 24.8 Å². The number of amides is 1. The summed E-state index contributed by atoms with van der Waals surface area (Å²) in [6.07, 6.45) is 7.69. The minimum Gasteiger partial charge on any atom is -0.350 e. The van der Waals surface area contributed by atoms with Gasteiger partial charge < -0.3 is 9.88 Å². The smallest absolute Gasteiger partial charge is 0.230 e. The van der Waals surface area contributed by atoms with Gasteiger partial charge in [0.2, 0.25) is 5.91 Å². The maximum Gasteiger partial charge on any atom is 0.230 e. The first kappa shape index (κ1) is 18.5. The van der Waals surface area contributed by atoms with Crippen molar-refractivity contribution in [3.05, 3.63) is 29.3 Å². The number of nitrogens with one attached hydrogen (secondary N) is 1. The molecule has 0 spiro atoms. The van der Waals surface area contributed by atoms with Crippen molar-refractivity contribution >= 4 is 29.3 Å². The molecule has 0 aliphatic heterocycles. The van der Waals surface area contributed by atoms with Crippen LogP contribution < -0.4 is 5.32 Å². The summed E-state index contributed by atoms with van der Waals surface area (Å²) in [6.45, 7) is 0. The van der Waals surface area contributed by atoms with Crippen LogP contribution in [0.4, 0.5) is 0 Å². The zero-order valence-electron chi connectivity index (χ0n) is 16.0. The highest BCUT2D eigenvalue weighted by Crippen LogP contribution is 2.55. The van der Waals surface area contributed by atoms with Gasteiger partial charge >= 0.3 is 0 Å². The SMILES string of the molecule is Cn1c(SCC(=O)NC23CC4CC(CC(C4)C2)C3)nnc1-c1cccc(Cl)c1. The number of aromatic nitrogens is 3. The second-order valence-corrected chi connectivity index (χ2v) is 10.3. The van der Waals surface area contributed by atoms with E-state index in [0.29, 0.717) is 10.8 Å². The fourth-order valence-electron chi connectivity index (χ4n) is 6.05. The van der Waals surface area contributed by atoms with E-state index in [9.17, 15) is 4.79 Å². The van der Waals surface area contributed by atoms with Gasteiger partial charge in [-0.1, -0.05) is 35.5 Å². The van der Waals surface area contributed by atoms with Crippen LogP contribution in [0.1, 0.15) is 38.5 Å². The van der Waals surface area contributed by atoms with Crippen molar-refractivity contribution in [1.29, 1.82) is 0 Å². The van der Waals surface area contributed by atoms with Gasteiger partial charge in [-0.3, -0.25) is 4.79 Å². The molecule has 0 saturated heterocycles. The third kappa shape index (κ3) is 3.45. The number of rotatable bonds is 5. The average molecular weight is 417 g/mol. The second-order valence-electron chi connectivity index (χ2n) is 8.91. The summed E-state index contributed by atoms with van der Waals surface area (Å²) in [6, 6.07) is 7.58. The van der Waals surface area contributed by atoms with E-state index in [-0.39, 0.29) is 11.4 Å². The van der Waals surface area contributed by atoms with Crippen molar-refractivity contribution in [2.75, 3.05) is 5.75 Å². The number of benzene rings is 1. The molecule has 1 aromatic heterocycles. The Hall–Kier alpha value is -1.53. The number of carbonyl (C=O) groups is 1. The molecule has 4 saturated carbocycles. The van der Waals surface area contributed by atoms with E-state index >= 15 is 0 Å². The Morgan fingerprint density at radius 1 is 1.21 bits per heavy atom. The molecule has 4 bridgehead atoms. The second kappa shape index (κ2) is 7.06. The van der Waals surface area contributed by atoms with Crippen LogP contribution in [0, 0.1) is 17.8 Å². The van der Waals surface area contributed by atoms with Gasteiger partial charge in [-0.15, -0.1) is 10.2 Å². The zero-order valence-corrected chi connectivity index (χ0v) is 17.6. The lowest BCUT2D eigenvalue weighted by Gasteiger charge is -2.56. The molecule has 1 aromatic carbocycles. The molecule has 28 heavy (non-hydrogen) atoms. The summed E-state index contributed by atoms with van der Waals surface area (Å²) in [5.74, 6) is 3.75.